The topological polar surface area (TPSA) is 92.5 Å². The van der Waals surface area contributed by atoms with E-state index in [1.807, 2.05) is 13.8 Å². The highest BCUT2D eigenvalue weighted by atomic mass is 79.9. The lowest BCUT2D eigenvalue weighted by molar-refractivity contribution is -0.385. The first-order chi connectivity index (χ1) is 9.92. The van der Waals surface area contributed by atoms with Crippen LogP contribution in [0.15, 0.2) is 22.7 Å². The van der Waals surface area contributed by atoms with E-state index < -0.39 is 16.9 Å². The van der Waals surface area contributed by atoms with E-state index in [0.29, 0.717) is 0 Å². The Hall–Kier alpha value is -1.47. The molecule has 116 valence electrons. The van der Waals surface area contributed by atoms with Crippen LogP contribution in [0.25, 0.3) is 0 Å². The summed E-state index contributed by atoms with van der Waals surface area (Å²) in [5.74, 6) is -0.325. The van der Waals surface area contributed by atoms with Crippen LogP contribution in [0.1, 0.15) is 37.0 Å². The Kier molecular flexibility index (Phi) is 6.77. The fourth-order valence-electron chi connectivity index (χ4n) is 2.13. The molecule has 7 heteroatoms. The van der Waals surface area contributed by atoms with E-state index in [-0.39, 0.29) is 28.2 Å². The van der Waals surface area contributed by atoms with Gasteiger partial charge in [0.05, 0.1) is 16.6 Å². The molecule has 1 aromatic rings. The van der Waals surface area contributed by atoms with Crippen molar-refractivity contribution in [2.24, 2.45) is 5.92 Å². The van der Waals surface area contributed by atoms with Gasteiger partial charge in [0.2, 0.25) is 0 Å². The zero-order valence-electron chi connectivity index (χ0n) is 12.0. The Labute approximate surface area is 131 Å². The van der Waals surface area contributed by atoms with Crippen LogP contribution in [0.3, 0.4) is 0 Å². The third kappa shape index (κ3) is 4.50. The Bertz CT molecular complexity index is 518. The fraction of sp³-hybridized carbons (Fsp3) is 0.500. The maximum absolute atomic E-state index is 12.1. The number of carbonyl (C=O) groups is 1. The molecule has 0 radical (unpaired) electrons. The third-order valence-corrected chi connectivity index (χ3v) is 4.32. The van der Waals surface area contributed by atoms with Crippen LogP contribution in [-0.2, 0) is 0 Å². The lowest BCUT2D eigenvalue weighted by atomic mass is 9.96. The van der Waals surface area contributed by atoms with Crippen LogP contribution in [0, 0.1) is 16.0 Å². The van der Waals surface area contributed by atoms with E-state index in [9.17, 15) is 20.0 Å². The number of nitro benzene ring substituents is 1. The summed E-state index contributed by atoms with van der Waals surface area (Å²) in [7, 11) is 0. The van der Waals surface area contributed by atoms with Crippen molar-refractivity contribution >= 4 is 27.5 Å². The molecule has 0 aliphatic carbocycles. The quantitative estimate of drug-likeness (QED) is 0.578. The molecule has 21 heavy (non-hydrogen) atoms. The number of nitrogens with one attached hydrogen (secondary N) is 1. The van der Waals surface area contributed by atoms with Gasteiger partial charge in [-0.2, -0.15) is 0 Å². The largest absolute Gasteiger partial charge is 0.391 e. The van der Waals surface area contributed by atoms with E-state index in [0.717, 1.165) is 12.8 Å². The predicted molar refractivity (Wildman–Crippen MR) is 83.2 cm³/mol. The fourth-order valence-corrected chi connectivity index (χ4v) is 2.72. The van der Waals surface area contributed by atoms with Crippen molar-refractivity contribution in [1.29, 1.82) is 0 Å². The SMILES string of the molecule is CCC(CC)C(O)CNC(=O)c1cccc([N+](=O)[O-])c1Br. The molecule has 0 saturated carbocycles. The highest BCUT2D eigenvalue weighted by Crippen LogP contribution is 2.28. The maximum Gasteiger partial charge on any atom is 0.284 e. The summed E-state index contributed by atoms with van der Waals surface area (Å²) >= 11 is 3.08. The van der Waals surface area contributed by atoms with Crippen molar-refractivity contribution in [2.45, 2.75) is 32.8 Å². The predicted octanol–water partition coefficient (Wildman–Crippen LogP) is 2.88. The average Bonchev–Trinajstić information content (AvgIpc) is 2.46. The minimum atomic E-state index is -0.624. The van der Waals surface area contributed by atoms with Crippen LogP contribution in [-0.4, -0.2) is 28.6 Å². The second-order valence-electron chi connectivity index (χ2n) is 4.75. The van der Waals surface area contributed by atoms with E-state index in [1.165, 1.54) is 18.2 Å². The summed E-state index contributed by atoms with van der Waals surface area (Å²) in [6, 6.07) is 4.27. The van der Waals surface area contributed by atoms with Crippen LogP contribution >= 0.6 is 15.9 Å². The summed E-state index contributed by atoms with van der Waals surface area (Å²) < 4.78 is 0.143. The van der Waals surface area contributed by atoms with E-state index >= 15 is 0 Å². The molecule has 1 atom stereocenters. The van der Waals surface area contributed by atoms with Gasteiger partial charge in [-0.3, -0.25) is 14.9 Å². The number of aliphatic hydroxyl groups is 1. The molecule has 0 saturated heterocycles. The van der Waals surface area contributed by atoms with Gasteiger partial charge >= 0.3 is 0 Å². The normalized spacial score (nSPS) is 12.2. The van der Waals surface area contributed by atoms with Crippen molar-refractivity contribution in [3.05, 3.63) is 38.3 Å². The molecule has 2 N–H and O–H groups in total. The first-order valence-electron chi connectivity index (χ1n) is 6.81. The number of nitro groups is 1. The Morgan fingerprint density at radius 2 is 2.05 bits per heavy atom. The van der Waals surface area contributed by atoms with Crippen molar-refractivity contribution in [3.63, 3.8) is 0 Å². The van der Waals surface area contributed by atoms with E-state index in [1.54, 1.807) is 0 Å². The first kappa shape index (κ1) is 17.6. The number of carbonyl (C=O) groups excluding carboxylic acids is 1. The second-order valence-corrected chi connectivity index (χ2v) is 5.54. The smallest absolute Gasteiger partial charge is 0.284 e. The number of hydrogen-bond acceptors (Lipinski definition) is 4. The number of rotatable bonds is 7. The number of nitrogens with zero attached hydrogens (tertiary/aromatic N) is 1. The van der Waals surface area contributed by atoms with Crippen LogP contribution in [0.5, 0.6) is 0 Å². The molecule has 1 amide bonds. The molecule has 6 nitrogen and oxygen atoms in total. The molecule has 0 bridgehead atoms. The lowest BCUT2D eigenvalue weighted by Crippen LogP contribution is -2.36. The van der Waals surface area contributed by atoms with Crippen molar-refractivity contribution in [3.8, 4) is 0 Å². The lowest BCUT2D eigenvalue weighted by Gasteiger charge is -2.20. The van der Waals surface area contributed by atoms with E-state index in [4.69, 9.17) is 0 Å². The summed E-state index contributed by atoms with van der Waals surface area (Å²) in [5.41, 5.74) is 0.0177. The van der Waals surface area contributed by atoms with Crippen LogP contribution < -0.4 is 5.32 Å². The highest BCUT2D eigenvalue weighted by molar-refractivity contribution is 9.10. The van der Waals surface area contributed by atoms with Crippen molar-refractivity contribution in [1.82, 2.24) is 5.32 Å². The molecule has 0 heterocycles. The molecular weight excluding hydrogens is 340 g/mol. The maximum atomic E-state index is 12.1. The van der Waals surface area contributed by atoms with Crippen molar-refractivity contribution in [2.75, 3.05) is 6.54 Å². The van der Waals surface area contributed by atoms with Crippen LogP contribution in [0.4, 0.5) is 5.69 Å². The number of benzene rings is 1. The monoisotopic (exact) mass is 358 g/mol. The van der Waals surface area contributed by atoms with Gasteiger partial charge in [-0.05, 0) is 27.9 Å². The van der Waals surface area contributed by atoms with Gasteiger partial charge in [-0.1, -0.05) is 32.8 Å². The van der Waals surface area contributed by atoms with Gasteiger partial charge in [-0.15, -0.1) is 0 Å². The summed E-state index contributed by atoms with van der Waals surface area (Å²) in [6.07, 6.45) is 1.03. The average molecular weight is 359 g/mol. The molecule has 0 spiro atoms. The summed E-state index contributed by atoms with van der Waals surface area (Å²) in [5, 5.41) is 23.4. The number of amides is 1. The first-order valence-corrected chi connectivity index (χ1v) is 7.60. The molecule has 1 rings (SSSR count). The standard InChI is InChI=1S/C14H19BrN2O4/c1-3-9(4-2)12(18)8-16-14(19)10-6-5-7-11(13(10)15)17(20)21/h5-7,9,12,18H,3-4,8H2,1-2H3,(H,16,19). The van der Waals surface area contributed by atoms with Crippen molar-refractivity contribution < 1.29 is 14.8 Å². The molecule has 1 unspecified atom stereocenters. The molecule has 0 fully saturated rings. The van der Waals surface area contributed by atoms with Gasteiger partial charge in [0.25, 0.3) is 11.6 Å². The third-order valence-electron chi connectivity index (χ3n) is 3.48. The van der Waals surface area contributed by atoms with Gasteiger partial charge in [0.1, 0.15) is 4.47 Å². The molecule has 0 aromatic heterocycles. The number of halogens is 1. The van der Waals surface area contributed by atoms with E-state index in [2.05, 4.69) is 21.2 Å². The Balaban J connectivity index is 2.77. The molecule has 0 aliphatic rings. The number of hydrogen-bond donors (Lipinski definition) is 2. The zero-order chi connectivity index (χ0) is 16.0. The number of aliphatic hydroxyl groups excluding tert-OH is 1. The molecular formula is C14H19BrN2O4. The summed E-state index contributed by atoms with van der Waals surface area (Å²) in [6.45, 7) is 4.09. The van der Waals surface area contributed by atoms with Gasteiger partial charge in [0, 0.05) is 12.6 Å². The summed E-state index contributed by atoms with van der Waals surface area (Å²) in [4.78, 5) is 22.3. The molecule has 0 aliphatic heterocycles. The minimum absolute atomic E-state index is 0.124. The van der Waals surface area contributed by atoms with Crippen LogP contribution in [0.2, 0.25) is 0 Å². The van der Waals surface area contributed by atoms with Gasteiger partial charge < -0.3 is 10.4 Å². The van der Waals surface area contributed by atoms with Gasteiger partial charge in [-0.25, -0.2) is 0 Å². The highest BCUT2D eigenvalue weighted by Gasteiger charge is 2.21. The Morgan fingerprint density at radius 1 is 1.43 bits per heavy atom. The van der Waals surface area contributed by atoms with Gasteiger partial charge in [0.15, 0.2) is 0 Å². The zero-order valence-corrected chi connectivity index (χ0v) is 13.6. The molecule has 1 aromatic carbocycles. The second kappa shape index (κ2) is 8.09. The Morgan fingerprint density at radius 3 is 2.57 bits per heavy atom. The minimum Gasteiger partial charge on any atom is -0.391 e.